The summed E-state index contributed by atoms with van der Waals surface area (Å²) in [6, 6.07) is 23.8. The summed E-state index contributed by atoms with van der Waals surface area (Å²) in [7, 11) is 0. The summed E-state index contributed by atoms with van der Waals surface area (Å²) in [6.07, 6.45) is 1.99. The Labute approximate surface area is 135 Å². The SMILES string of the molecule is Cc1cnc2c3c(cccc13)-c1ccccc1-c1ccccc1-2. The summed E-state index contributed by atoms with van der Waals surface area (Å²) in [4.78, 5) is 4.82. The monoisotopic (exact) mass is 293 g/mol. The molecule has 5 rings (SSSR count). The molecular weight excluding hydrogens is 278 g/mol. The lowest BCUT2D eigenvalue weighted by atomic mass is 9.94. The van der Waals surface area contributed by atoms with Gasteiger partial charge in [0.15, 0.2) is 0 Å². The Balaban J connectivity index is 2.10. The highest BCUT2D eigenvalue weighted by atomic mass is 14.7. The van der Waals surface area contributed by atoms with E-state index in [1.54, 1.807) is 0 Å². The largest absolute Gasteiger partial charge is 0.255 e. The van der Waals surface area contributed by atoms with Crippen LogP contribution in [0.4, 0.5) is 0 Å². The van der Waals surface area contributed by atoms with E-state index < -0.39 is 0 Å². The van der Waals surface area contributed by atoms with E-state index in [0.29, 0.717) is 0 Å². The number of hydrogen-bond acceptors (Lipinski definition) is 1. The lowest BCUT2D eigenvalue weighted by molar-refractivity contribution is 1.31. The number of pyridine rings is 1. The van der Waals surface area contributed by atoms with E-state index in [2.05, 4.69) is 73.7 Å². The second-order valence-electron chi connectivity index (χ2n) is 6.11. The summed E-state index contributed by atoms with van der Waals surface area (Å²) >= 11 is 0. The van der Waals surface area contributed by atoms with Crippen molar-refractivity contribution >= 4 is 10.8 Å². The average Bonchev–Trinajstić information content (AvgIpc) is 2.73. The molecule has 0 aliphatic heterocycles. The normalized spacial score (nSPS) is 11.7. The number of benzene rings is 3. The topological polar surface area (TPSA) is 12.9 Å². The van der Waals surface area contributed by atoms with E-state index in [9.17, 15) is 0 Å². The lowest BCUT2D eigenvalue weighted by Gasteiger charge is -2.11. The summed E-state index contributed by atoms with van der Waals surface area (Å²) < 4.78 is 0. The van der Waals surface area contributed by atoms with Gasteiger partial charge in [0.2, 0.25) is 0 Å². The van der Waals surface area contributed by atoms with E-state index >= 15 is 0 Å². The highest BCUT2D eigenvalue weighted by Crippen LogP contribution is 2.46. The van der Waals surface area contributed by atoms with Crippen LogP contribution in [0.5, 0.6) is 0 Å². The van der Waals surface area contributed by atoms with E-state index in [0.717, 1.165) is 5.69 Å². The molecule has 0 N–H and O–H groups in total. The van der Waals surface area contributed by atoms with E-state index in [1.807, 2.05) is 6.20 Å². The van der Waals surface area contributed by atoms with Gasteiger partial charge in [0.25, 0.3) is 0 Å². The molecule has 3 aromatic carbocycles. The Morgan fingerprint density at radius 2 is 1.17 bits per heavy atom. The molecular formula is C22H15N. The summed E-state index contributed by atoms with van der Waals surface area (Å²) in [6.45, 7) is 2.14. The standard InChI is InChI=1S/C22H15N/c1-14-13-23-22-20-10-5-4-9-18(20)16-7-2-3-8-17(16)19-12-6-11-15(14)21(19)22/h2-13H,1H3. The summed E-state index contributed by atoms with van der Waals surface area (Å²) in [5, 5.41) is 2.56. The molecule has 1 heterocycles. The summed E-state index contributed by atoms with van der Waals surface area (Å²) in [5.74, 6) is 0. The smallest absolute Gasteiger partial charge is 0.0792 e. The van der Waals surface area contributed by atoms with Gasteiger partial charge in [-0.2, -0.15) is 0 Å². The fourth-order valence-corrected chi connectivity index (χ4v) is 3.74. The first-order chi connectivity index (χ1) is 11.3. The van der Waals surface area contributed by atoms with Crippen LogP contribution in [-0.4, -0.2) is 4.98 Å². The van der Waals surface area contributed by atoms with Gasteiger partial charge in [-0.15, -0.1) is 0 Å². The summed E-state index contributed by atoms with van der Waals surface area (Å²) in [5.41, 5.74) is 8.64. The molecule has 23 heavy (non-hydrogen) atoms. The molecule has 0 saturated heterocycles. The number of nitrogens with zero attached hydrogens (tertiary/aromatic N) is 1. The van der Waals surface area contributed by atoms with Crippen LogP contribution < -0.4 is 0 Å². The minimum absolute atomic E-state index is 1.09. The molecule has 1 aromatic heterocycles. The van der Waals surface area contributed by atoms with Crippen LogP contribution in [0.2, 0.25) is 0 Å². The molecule has 0 atom stereocenters. The maximum Gasteiger partial charge on any atom is 0.0792 e. The van der Waals surface area contributed by atoms with Crippen molar-refractivity contribution in [1.29, 1.82) is 0 Å². The third-order valence-electron chi connectivity index (χ3n) is 4.80. The Hall–Kier alpha value is -2.93. The molecule has 1 heteroatoms. The minimum atomic E-state index is 1.09. The van der Waals surface area contributed by atoms with Crippen LogP contribution in [0.15, 0.2) is 72.9 Å². The van der Waals surface area contributed by atoms with Gasteiger partial charge >= 0.3 is 0 Å². The van der Waals surface area contributed by atoms with Crippen molar-refractivity contribution in [3.63, 3.8) is 0 Å². The Morgan fingerprint density at radius 1 is 0.609 bits per heavy atom. The Kier molecular flexibility index (Phi) is 2.48. The molecule has 0 unspecified atom stereocenters. The molecule has 4 aromatic rings. The van der Waals surface area contributed by atoms with Gasteiger partial charge in [-0.3, -0.25) is 4.98 Å². The third-order valence-corrected chi connectivity index (χ3v) is 4.80. The first kappa shape index (κ1) is 12.6. The van der Waals surface area contributed by atoms with Gasteiger partial charge in [-0.25, -0.2) is 0 Å². The first-order valence-corrected chi connectivity index (χ1v) is 7.92. The first-order valence-electron chi connectivity index (χ1n) is 7.92. The van der Waals surface area contributed by atoms with Crippen molar-refractivity contribution in [3.05, 3.63) is 78.5 Å². The molecule has 0 fully saturated rings. The number of fused-ring (bicyclic) bond motifs is 5. The van der Waals surface area contributed by atoms with Crippen LogP contribution in [-0.2, 0) is 0 Å². The number of hydrogen-bond donors (Lipinski definition) is 0. The predicted molar refractivity (Wildman–Crippen MR) is 96.3 cm³/mol. The Bertz CT molecular complexity index is 1020. The lowest BCUT2D eigenvalue weighted by Crippen LogP contribution is -1.90. The van der Waals surface area contributed by atoms with Gasteiger partial charge in [0, 0.05) is 17.1 Å². The van der Waals surface area contributed by atoms with Crippen molar-refractivity contribution in [3.8, 4) is 33.5 Å². The zero-order chi connectivity index (χ0) is 15.4. The van der Waals surface area contributed by atoms with Crippen molar-refractivity contribution in [2.75, 3.05) is 0 Å². The van der Waals surface area contributed by atoms with E-state index in [4.69, 9.17) is 4.98 Å². The van der Waals surface area contributed by atoms with Gasteiger partial charge in [-0.05, 0) is 40.1 Å². The number of aromatic nitrogens is 1. The van der Waals surface area contributed by atoms with Gasteiger partial charge in [-0.1, -0.05) is 66.7 Å². The van der Waals surface area contributed by atoms with Crippen molar-refractivity contribution < 1.29 is 0 Å². The molecule has 1 aliphatic rings. The fraction of sp³-hybridized carbons (Fsp3) is 0.0455. The van der Waals surface area contributed by atoms with Crippen LogP contribution >= 0.6 is 0 Å². The maximum atomic E-state index is 4.82. The van der Waals surface area contributed by atoms with Gasteiger partial charge < -0.3 is 0 Å². The second-order valence-corrected chi connectivity index (χ2v) is 6.11. The van der Waals surface area contributed by atoms with E-state index in [-0.39, 0.29) is 0 Å². The highest BCUT2D eigenvalue weighted by molar-refractivity contribution is 6.12. The van der Waals surface area contributed by atoms with Crippen LogP contribution in [0.1, 0.15) is 5.56 Å². The van der Waals surface area contributed by atoms with Gasteiger partial charge in [0.1, 0.15) is 0 Å². The number of aryl methyl sites for hydroxylation is 1. The zero-order valence-corrected chi connectivity index (χ0v) is 12.9. The average molecular weight is 293 g/mol. The van der Waals surface area contributed by atoms with Crippen LogP contribution in [0.3, 0.4) is 0 Å². The molecule has 0 amide bonds. The van der Waals surface area contributed by atoms with Crippen LogP contribution in [0, 0.1) is 6.92 Å². The van der Waals surface area contributed by atoms with E-state index in [1.165, 1.54) is 44.2 Å². The molecule has 0 spiro atoms. The molecule has 1 aliphatic carbocycles. The maximum absolute atomic E-state index is 4.82. The second kappa shape index (κ2) is 4.53. The van der Waals surface area contributed by atoms with Crippen molar-refractivity contribution in [2.24, 2.45) is 0 Å². The van der Waals surface area contributed by atoms with Gasteiger partial charge in [0.05, 0.1) is 5.69 Å². The quantitative estimate of drug-likeness (QED) is 0.348. The molecule has 108 valence electrons. The highest BCUT2D eigenvalue weighted by Gasteiger charge is 2.21. The van der Waals surface area contributed by atoms with Crippen molar-refractivity contribution in [2.45, 2.75) is 6.92 Å². The zero-order valence-electron chi connectivity index (χ0n) is 12.9. The molecule has 1 nitrogen and oxygen atoms in total. The van der Waals surface area contributed by atoms with Crippen LogP contribution in [0.25, 0.3) is 44.3 Å². The Morgan fingerprint density at radius 3 is 1.91 bits per heavy atom. The molecule has 0 bridgehead atoms. The fourth-order valence-electron chi connectivity index (χ4n) is 3.74. The third kappa shape index (κ3) is 1.65. The minimum Gasteiger partial charge on any atom is -0.255 e. The predicted octanol–water partition coefficient (Wildman–Crippen LogP) is 5.86. The molecule has 0 radical (unpaired) electrons. The molecule has 0 saturated carbocycles. The number of rotatable bonds is 0. The van der Waals surface area contributed by atoms with Crippen molar-refractivity contribution in [1.82, 2.24) is 4.98 Å².